The molecule has 0 spiro atoms. The van der Waals surface area contributed by atoms with Crippen molar-refractivity contribution in [3.05, 3.63) is 99.6 Å². The Kier molecular flexibility index (Phi) is 8.07. The SMILES string of the molecule is COC(=O)[C@H](Cc1ccccc1)N=Cc1ccc(OC(=O)c2cccc([N+](=O)[O-])c2)c(OC)c1. The molecule has 0 unspecified atom stereocenters. The van der Waals surface area contributed by atoms with Gasteiger partial charge in [0.1, 0.15) is 0 Å². The number of methoxy groups -OCH3 is 2. The van der Waals surface area contributed by atoms with Crippen LogP contribution in [-0.2, 0) is 16.0 Å². The van der Waals surface area contributed by atoms with E-state index in [1.165, 1.54) is 44.7 Å². The lowest BCUT2D eigenvalue weighted by Crippen LogP contribution is -2.23. The summed E-state index contributed by atoms with van der Waals surface area (Å²) in [4.78, 5) is 39.4. The Morgan fingerprint density at radius 3 is 2.44 bits per heavy atom. The van der Waals surface area contributed by atoms with Crippen molar-refractivity contribution >= 4 is 23.8 Å². The second-order valence-electron chi connectivity index (χ2n) is 7.11. The Morgan fingerprint density at radius 1 is 1.00 bits per heavy atom. The maximum atomic E-state index is 12.5. The van der Waals surface area contributed by atoms with Crippen LogP contribution in [0, 0.1) is 10.1 Å². The molecule has 0 N–H and O–H groups in total. The van der Waals surface area contributed by atoms with Crippen LogP contribution in [0.15, 0.2) is 77.8 Å². The number of nitro benzene ring substituents is 1. The van der Waals surface area contributed by atoms with Gasteiger partial charge in [0.25, 0.3) is 5.69 Å². The zero-order valence-corrected chi connectivity index (χ0v) is 18.5. The lowest BCUT2D eigenvalue weighted by Gasteiger charge is -2.11. The van der Waals surface area contributed by atoms with Gasteiger partial charge in [-0.25, -0.2) is 9.59 Å². The largest absolute Gasteiger partial charge is 0.493 e. The summed E-state index contributed by atoms with van der Waals surface area (Å²) in [5, 5.41) is 10.9. The summed E-state index contributed by atoms with van der Waals surface area (Å²) in [6, 6.07) is 18.7. The van der Waals surface area contributed by atoms with Gasteiger partial charge in [0.2, 0.25) is 0 Å². The fourth-order valence-corrected chi connectivity index (χ4v) is 3.10. The van der Waals surface area contributed by atoms with Gasteiger partial charge in [-0.05, 0) is 35.4 Å². The zero-order valence-electron chi connectivity index (χ0n) is 18.5. The van der Waals surface area contributed by atoms with Gasteiger partial charge in [-0.1, -0.05) is 36.4 Å². The van der Waals surface area contributed by atoms with Crippen LogP contribution in [0.5, 0.6) is 11.5 Å². The molecule has 0 saturated carbocycles. The first-order valence-corrected chi connectivity index (χ1v) is 10.2. The Balaban J connectivity index is 1.77. The number of nitrogens with zero attached hydrogens (tertiary/aromatic N) is 2. The number of esters is 2. The second-order valence-corrected chi connectivity index (χ2v) is 7.11. The first-order valence-electron chi connectivity index (χ1n) is 10.2. The average Bonchev–Trinajstić information content (AvgIpc) is 2.87. The van der Waals surface area contributed by atoms with E-state index in [4.69, 9.17) is 14.2 Å². The lowest BCUT2D eigenvalue weighted by atomic mass is 10.1. The topological polar surface area (TPSA) is 117 Å². The Bertz CT molecular complexity index is 1210. The Hall–Kier alpha value is -4.53. The van der Waals surface area contributed by atoms with Crippen LogP contribution >= 0.6 is 0 Å². The third-order valence-electron chi connectivity index (χ3n) is 4.83. The molecule has 0 bridgehead atoms. The number of hydrogen-bond acceptors (Lipinski definition) is 8. The van der Waals surface area contributed by atoms with Crippen molar-refractivity contribution < 1.29 is 28.7 Å². The molecular formula is C25H22N2O7. The van der Waals surface area contributed by atoms with Crippen molar-refractivity contribution in [3.8, 4) is 11.5 Å². The standard InChI is InChI=1S/C25H22N2O7/c1-32-23-14-18(16-26-21(25(29)33-2)13-17-7-4-3-5-8-17)11-12-22(23)34-24(28)19-9-6-10-20(15-19)27(30)31/h3-12,14-16,21H,13H2,1-2H3/t21-/m0/s1. The molecule has 0 aliphatic carbocycles. The van der Waals surface area contributed by atoms with Crippen molar-refractivity contribution in [1.29, 1.82) is 0 Å². The minimum atomic E-state index is -0.767. The molecule has 0 heterocycles. The number of non-ortho nitro benzene ring substituents is 1. The van der Waals surface area contributed by atoms with E-state index in [-0.39, 0.29) is 22.7 Å². The molecule has 3 rings (SSSR count). The molecule has 3 aromatic rings. The molecule has 174 valence electrons. The molecule has 0 saturated heterocycles. The van der Waals surface area contributed by atoms with Gasteiger partial charge in [0, 0.05) is 24.8 Å². The number of rotatable bonds is 9. The van der Waals surface area contributed by atoms with Gasteiger partial charge < -0.3 is 14.2 Å². The average molecular weight is 462 g/mol. The molecule has 0 radical (unpaired) electrons. The first kappa shape index (κ1) is 24.1. The van der Waals surface area contributed by atoms with Crippen molar-refractivity contribution in [2.75, 3.05) is 14.2 Å². The van der Waals surface area contributed by atoms with Crippen molar-refractivity contribution in [2.24, 2.45) is 4.99 Å². The highest BCUT2D eigenvalue weighted by atomic mass is 16.6. The van der Waals surface area contributed by atoms with Crippen LogP contribution in [0.4, 0.5) is 5.69 Å². The summed E-state index contributed by atoms with van der Waals surface area (Å²) in [5.41, 5.74) is 1.36. The van der Waals surface area contributed by atoms with E-state index in [0.29, 0.717) is 12.0 Å². The number of nitro groups is 1. The van der Waals surface area contributed by atoms with Gasteiger partial charge in [-0.3, -0.25) is 15.1 Å². The second kappa shape index (κ2) is 11.4. The molecule has 0 aliphatic heterocycles. The van der Waals surface area contributed by atoms with Crippen molar-refractivity contribution in [2.45, 2.75) is 12.5 Å². The van der Waals surface area contributed by atoms with E-state index >= 15 is 0 Å². The molecule has 34 heavy (non-hydrogen) atoms. The minimum absolute atomic E-state index is 0.0312. The molecule has 3 aromatic carbocycles. The third-order valence-corrected chi connectivity index (χ3v) is 4.83. The molecule has 9 nitrogen and oxygen atoms in total. The number of ether oxygens (including phenoxy) is 3. The van der Waals surface area contributed by atoms with E-state index in [1.54, 1.807) is 12.1 Å². The zero-order chi connectivity index (χ0) is 24.5. The predicted molar refractivity (Wildman–Crippen MR) is 125 cm³/mol. The lowest BCUT2D eigenvalue weighted by molar-refractivity contribution is -0.384. The van der Waals surface area contributed by atoms with E-state index in [2.05, 4.69) is 4.99 Å². The van der Waals surface area contributed by atoms with Gasteiger partial charge >= 0.3 is 11.9 Å². The normalized spacial score (nSPS) is 11.6. The number of benzene rings is 3. The third kappa shape index (κ3) is 6.26. The molecule has 9 heteroatoms. The number of carbonyl (C=O) groups excluding carboxylic acids is 2. The van der Waals surface area contributed by atoms with Gasteiger partial charge in [-0.15, -0.1) is 0 Å². The Morgan fingerprint density at radius 2 is 1.76 bits per heavy atom. The van der Waals surface area contributed by atoms with Gasteiger partial charge in [0.15, 0.2) is 17.5 Å². The van der Waals surface area contributed by atoms with Crippen LogP contribution in [-0.4, -0.2) is 43.3 Å². The van der Waals surface area contributed by atoms with E-state index in [0.717, 1.165) is 11.6 Å². The summed E-state index contributed by atoms with van der Waals surface area (Å²) in [6.45, 7) is 0. The van der Waals surface area contributed by atoms with Gasteiger partial charge in [-0.2, -0.15) is 0 Å². The summed E-state index contributed by atoms with van der Waals surface area (Å²) >= 11 is 0. The number of hydrogen-bond donors (Lipinski definition) is 0. The highest BCUT2D eigenvalue weighted by molar-refractivity contribution is 5.92. The van der Waals surface area contributed by atoms with E-state index in [1.807, 2.05) is 30.3 Å². The first-order chi connectivity index (χ1) is 16.4. The highest BCUT2D eigenvalue weighted by Crippen LogP contribution is 2.29. The van der Waals surface area contributed by atoms with Gasteiger partial charge in [0.05, 0.1) is 24.7 Å². The Labute approximate surface area is 195 Å². The predicted octanol–water partition coefficient (Wildman–Crippen LogP) is 4.03. The molecule has 0 amide bonds. The molecule has 0 aromatic heterocycles. The summed E-state index contributed by atoms with van der Waals surface area (Å²) in [5.74, 6) is -0.850. The molecule has 1 atom stereocenters. The molecular weight excluding hydrogens is 440 g/mol. The molecule has 0 aliphatic rings. The number of carbonyl (C=O) groups is 2. The smallest absolute Gasteiger partial charge is 0.343 e. The maximum Gasteiger partial charge on any atom is 0.343 e. The monoisotopic (exact) mass is 462 g/mol. The number of aliphatic imine (C=N–C) groups is 1. The van der Waals surface area contributed by atoms with Crippen LogP contribution in [0.1, 0.15) is 21.5 Å². The fraction of sp³-hybridized carbons (Fsp3) is 0.160. The van der Waals surface area contributed by atoms with Crippen molar-refractivity contribution in [1.82, 2.24) is 0 Å². The van der Waals surface area contributed by atoms with Crippen LogP contribution < -0.4 is 9.47 Å². The van der Waals surface area contributed by atoms with E-state index in [9.17, 15) is 19.7 Å². The summed E-state index contributed by atoms with van der Waals surface area (Å²) in [6.07, 6.45) is 1.89. The van der Waals surface area contributed by atoms with Crippen molar-refractivity contribution in [3.63, 3.8) is 0 Å². The van der Waals surface area contributed by atoms with Crippen LogP contribution in [0.25, 0.3) is 0 Å². The highest BCUT2D eigenvalue weighted by Gasteiger charge is 2.19. The maximum absolute atomic E-state index is 12.5. The summed E-state index contributed by atoms with van der Waals surface area (Å²) < 4.78 is 15.6. The minimum Gasteiger partial charge on any atom is -0.493 e. The fourth-order valence-electron chi connectivity index (χ4n) is 3.10. The quantitative estimate of drug-likeness (QED) is 0.155. The van der Waals surface area contributed by atoms with Crippen LogP contribution in [0.3, 0.4) is 0 Å². The van der Waals surface area contributed by atoms with Crippen LogP contribution in [0.2, 0.25) is 0 Å². The molecule has 0 fully saturated rings. The summed E-state index contributed by atoms with van der Waals surface area (Å²) in [7, 11) is 2.72. The van der Waals surface area contributed by atoms with E-state index < -0.39 is 22.9 Å².